The second-order valence-electron chi connectivity index (χ2n) is 4.16. The highest BCUT2D eigenvalue weighted by Crippen LogP contribution is 2.34. The van der Waals surface area contributed by atoms with Crippen molar-refractivity contribution in [3.8, 4) is 5.75 Å². The van der Waals surface area contributed by atoms with Crippen molar-refractivity contribution in [1.29, 1.82) is 0 Å². The van der Waals surface area contributed by atoms with Crippen LogP contribution in [-0.4, -0.2) is 23.8 Å². The topological polar surface area (TPSA) is 52.5 Å². The van der Waals surface area contributed by atoms with Gasteiger partial charge in [0.25, 0.3) is 0 Å². The first-order valence-corrected chi connectivity index (χ1v) is 6.11. The number of aliphatic hydroxyl groups is 1. The third-order valence-electron chi connectivity index (χ3n) is 2.52. The molecule has 1 rings (SSSR count). The zero-order valence-corrected chi connectivity index (χ0v) is 11.4. The van der Waals surface area contributed by atoms with Crippen LogP contribution in [0.4, 0.5) is 0 Å². The zero-order chi connectivity index (χ0) is 12.3. The van der Waals surface area contributed by atoms with Gasteiger partial charge >= 0.3 is 0 Å². The molecule has 3 nitrogen and oxygen atoms in total. The predicted octanol–water partition coefficient (Wildman–Crippen LogP) is 2.53. The number of halogens is 1. The summed E-state index contributed by atoms with van der Waals surface area (Å²) < 4.78 is 0.922. The Morgan fingerprint density at radius 1 is 1.31 bits per heavy atom. The molecule has 0 heterocycles. The van der Waals surface area contributed by atoms with Crippen LogP contribution in [0.25, 0.3) is 0 Å². The normalized spacial score (nSPS) is 13.1. The summed E-state index contributed by atoms with van der Waals surface area (Å²) in [5.74, 6) is 0.477. The monoisotopic (exact) mass is 287 g/mol. The van der Waals surface area contributed by atoms with E-state index in [4.69, 9.17) is 0 Å². The Labute approximate surface area is 105 Å². The molecule has 90 valence electrons. The van der Waals surface area contributed by atoms with Gasteiger partial charge < -0.3 is 15.5 Å². The van der Waals surface area contributed by atoms with Crippen LogP contribution in [0, 0.1) is 0 Å². The molecule has 1 aromatic rings. The van der Waals surface area contributed by atoms with Crippen molar-refractivity contribution in [1.82, 2.24) is 5.32 Å². The molecule has 0 saturated heterocycles. The average molecular weight is 288 g/mol. The molecular weight excluding hydrogens is 270 g/mol. The number of phenols is 1. The lowest BCUT2D eigenvalue weighted by Crippen LogP contribution is -2.17. The molecule has 1 atom stereocenters. The molecule has 0 amide bonds. The van der Waals surface area contributed by atoms with Gasteiger partial charge in [0.15, 0.2) is 0 Å². The van der Waals surface area contributed by atoms with E-state index in [0.29, 0.717) is 18.0 Å². The summed E-state index contributed by atoms with van der Waals surface area (Å²) in [5.41, 5.74) is 1.59. The minimum absolute atomic E-state index is 0.148. The second kappa shape index (κ2) is 5.66. The Bertz CT molecular complexity index is 366. The van der Waals surface area contributed by atoms with Gasteiger partial charge in [0.2, 0.25) is 0 Å². The smallest absolute Gasteiger partial charge is 0.121 e. The van der Waals surface area contributed by atoms with Gasteiger partial charge in [-0.05, 0) is 30.7 Å². The van der Waals surface area contributed by atoms with Gasteiger partial charge in [-0.1, -0.05) is 29.8 Å². The molecule has 0 aliphatic carbocycles. The molecule has 0 aliphatic rings. The number of hydrogen-bond acceptors (Lipinski definition) is 3. The molecule has 1 unspecified atom stereocenters. The van der Waals surface area contributed by atoms with Crippen molar-refractivity contribution >= 4 is 15.9 Å². The van der Waals surface area contributed by atoms with Gasteiger partial charge in [-0.2, -0.15) is 0 Å². The van der Waals surface area contributed by atoms with E-state index in [0.717, 1.165) is 10.0 Å². The quantitative estimate of drug-likeness (QED) is 0.798. The van der Waals surface area contributed by atoms with Crippen molar-refractivity contribution in [2.45, 2.75) is 25.9 Å². The molecule has 16 heavy (non-hydrogen) atoms. The molecular formula is C12H18BrNO2. The van der Waals surface area contributed by atoms with Crippen LogP contribution < -0.4 is 5.32 Å². The summed E-state index contributed by atoms with van der Waals surface area (Å²) in [7, 11) is 1.76. The van der Waals surface area contributed by atoms with E-state index < -0.39 is 6.10 Å². The van der Waals surface area contributed by atoms with E-state index in [1.165, 1.54) is 0 Å². The summed E-state index contributed by atoms with van der Waals surface area (Å²) in [5, 5.41) is 22.5. The summed E-state index contributed by atoms with van der Waals surface area (Å²) in [6.45, 7) is 4.54. The highest BCUT2D eigenvalue weighted by Gasteiger charge is 2.15. The molecule has 0 fully saturated rings. The summed E-state index contributed by atoms with van der Waals surface area (Å²) >= 11 is 3.46. The lowest BCUT2D eigenvalue weighted by atomic mass is 9.99. The van der Waals surface area contributed by atoms with Gasteiger partial charge in [0, 0.05) is 16.6 Å². The van der Waals surface area contributed by atoms with Gasteiger partial charge in [-0.25, -0.2) is 0 Å². The first-order valence-electron chi connectivity index (χ1n) is 5.32. The summed E-state index contributed by atoms with van der Waals surface area (Å²) in [6, 6.07) is 3.50. The predicted molar refractivity (Wildman–Crippen MR) is 68.8 cm³/mol. The lowest BCUT2D eigenvalue weighted by molar-refractivity contribution is 0.174. The third kappa shape index (κ3) is 2.97. The van der Waals surface area contributed by atoms with Crippen LogP contribution in [-0.2, 0) is 0 Å². The fraction of sp³-hybridized carbons (Fsp3) is 0.500. The van der Waals surface area contributed by atoms with Crippen LogP contribution in [0.5, 0.6) is 5.75 Å². The standard InChI is InChI=1S/C12H18BrNO2/c1-7(2)8-5-11(15)9(4-10(8)13)12(16)6-14-3/h4-5,7,12,14-16H,6H2,1-3H3. The maximum absolute atomic E-state index is 9.85. The highest BCUT2D eigenvalue weighted by atomic mass is 79.9. The number of aromatic hydroxyl groups is 1. The van der Waals surface area contributed by atoms with Gasteiger partial charge in [0.1, 0.15) is 5.75 Å². The number of nitrogens with one attached hydrogen (secondary N) is 1. The molecule has 0 spiro atoms. The van der Waals surface area contributed by atoms with Crippen molar-refractivity contribution < 1.29 is 10.2 Å². The molecule has 0 radical (unpaired) electrons. The Morgan fingerprint density at radius 3 is 2.44 bits per heavy atom. The van der Waals surface area contributed by atoms with Crippen molar-refractivity contribution in [2.75, 3.05) is 13.6 Å². The zero-order valence-electron chi connectivity index (χ0n) is 9.79. The molecule has 4 heteroatoms. The number of hydrogen-bond donors (Lipinski definition) is 3. The van der Waals surface area contributed by atoms with Crippen LogP contribution in [0.2, 0.25) is 0 Å². The molecule has 0 bridgehead atoms. The van der Waals surface area contributed by atoms with Crippen molar-refractivity contribution in [3.63, 3.8) is 0 Å². The third-order valence-corrected chi connectivity index (χ3v) is 3.21. The molecule has 0 aliphatic heterocycles. The van der Waals surface area contributed by atoms with E-state index in [-0.39, 0.29) is 5.75 Å². The Balaban J connectivity index is 3.10. The van der Waals surface area contributed by atoms with Crippen LogP contribution in [0.15, 0.2) is 16.6 Å². The highest BCUT2D eigenvalue weighted by molar-refractivity contribution is 9.10. The largest absolute Gasteiger partial charge is 0.508 e. The number of benzene rings is 1. The molecule has 3 N–H and O–H groups in total. The Morgan fingerprint density at radius 2 is 1.94 bits per heavy atom. The lowest BCUT2D eigenvalue weighted by Gasteiger charge is -2.16. The van der Waals surface area contributed by atoms with Crippen LogP contribution in [0.3, 0.4) is 0 Å². The number of aliphatic hydroxyl groups excluding tert-OH is 1. The van der Waals surface area contributed by atoms with E-state index >= 15 is 0 Å². The maximum Gasteiger partial charge on any atom is 0.121 e. The Kier molecular flexibility index (Phi) is 4.77. The minimum Gasteiger partial charge on any atom is -0.508 e. The fourth-order valence-electron chi connectivity index (χ4n) is 1.61. The molecule has 0 aromatic heterocycles. The van der Waals surface area contributed by atoms with E-state index in [1.54, 1.807) is 19.2 Å². The maximum atomic E-state index is 9.85. The van der Waals surface area contributed by atoms with E-state index in [1.807, 2.05) is 0 Å². The summed E-state index contributed by atoms with van der Waals surface area (Å²) in [6.07, 6.45) is -0.692. The Hall–Kier alpha value is -0.580. The summed E-state index contributed by atoms with van der Waals surface area (Å²) in [4.78, 5) is 0. The first-order chi connectivity index (χ1) is 7.47. The van der Waals surface area contributed by atoms with Crippen LogP contribution in [0.1, 0.15) is 37.0 Å². The minimum atomic E-state index is -0.692. The first kappa shape index (κ1) is 13.5. The number of phenolic OH excluding ortho intramolecular Hbond substituents is 1. The van der Waals surface area contributed by atoms with E-state index in [9.17, 15) is 10.2 Å². The van der Waals surface area contributed by atoms with Gasteiger partial charge in [0.05, 0.1) is 6.10 Å². The average Bonchev–Trinajstić information content (AvgIpc) is 2.20. The SMILES string of the molecule is CNCC(O)c1cc(Br)c(C(C)C)cc1O. The van der Waals surface area contributed by atoms with E-state index in [2.05, 4.69) is 35.1 Å². The fourth-order valence-corrected chi connectivity index (χ4v) is 2.42. The second-order valence-corrected chi connectivity index (χ2v) is 5.02. The van der Waals surface area contributed by atoms with Crippen molar-refractivity contribution in [2.24, 2.45) is 0 Å². The van der Waals surface area contributed by atoms with Crippen molar-refractivity contribution in [3.05, 3.63) is 27.7 Å². The number of likely N-dealkylation sites (N-methyl/N-ethyl adjacent to an activating group) is 1. The molecule has 0 saturated carbocycles. The van der Waals surface area contributed by atoms with Gasteiger partial charge in [-0.3, -0.25) is 0 Å². The van der Waals surface area contributed by atoms with Gasteiger partial charge in [-0.15, -0.1) is 0 Å². The number of rotatable bonds is 4. The molecule has 1 aromatic carbocycles. The van der Waals surface area contributed by atoms with Crippen LogP contribution >= 0.6 is 15.9 Å².